The van der Waals surface area contributed by atoms with Crippen molar-refractivity contribution in [2.24, 2.45) is 0 Å². The molecular formula is C11H11N3O. The van der Waals surface area contributed by atoms with Crippen molar-refractivity contribution in [1.82, 2.24) is 9.97 Å². The first-order valence-corrected chi connectivity index (χ1v) is 4.64. The van der Waals surface area contributed by atoms with E-state index in [1.165, 1.54) is 6.07 Å². The summed E-state index contributed by atoms with van der Waals surface area (Å²) in [5, 5.41) is 3.02. The number of nitrogens with one attached hydrogen (secondary N) is 2. The van der Waals surface area contributed by atoms with Gasteiger partial charge in [-0.05, 0) is 19.1 Å². The van der Waals surface area contributed by atoms with Crippen LogP contribution in [0.15, 0.2) is 41.2 Å². The van der Waals surface area contributed by atoms with Crippen molar-refractivity contribution in [3.8, 4) is 0 Å². The molecule has 0 fully saturated rings. The highest BCUT2D eigenvalue weighted by Crippen LogP contribution is 2.10. The van der Waals surface area contributed by atoms with Gasteiger partial charge in [0.15, 0.2) is 0 Å². The molecule has 0 atom stereocenters. The highest BCUT2D eigenvalue weighted by Gasteiger charge is 1.97. The quantitative estimate of drug-likeness (QED) is 0.779. The van der Waals surface area contributed by atoms with E-state index >= 15 is 0 Å². The highest BCUT2D eigenvalue weighted by atomic mass is 16.1. The van der Waals surface area contributed by atoms with Gasteiger partial charge in [0, 0.05) is 17.4 Å². The first kappa shape index (κ1) is 9.45. The van der Waals surface area contributed by atoms with E-state index in [1.807, 2.05) is 30.3 Å². The topological polar surface area (TPSA) is 57.8 Å². The minimum Gasteiger partial charge on any atom is -0.326 e. The maximum absolute atomic E-state index is 11.2. The predicted molar refractivity (Wildman–Crippen MR) is 59.3 cm³/mol. The number of aryl methyl sites for hydroxylation is 1. The molecule has 0 aliphatic heterocycles. The first-order valence-electron chi connectivity index (χ1n) is 4.64. The van der Waals surface area contributed by atoms with Crippen LogP contribution in [-0.2, 0) is 0 Å². The predicted octanol–water partition coefficient (Wildman–Crippen LogP) is 1.82. The van der Waals surface area contributed by atoms with Crippen LogP contribution in [0.1, 0.15) is 5.69 Å². The van der Waals surface area contributed by atoms with Gasteiger partial charge in [0.25, 0.3) is 5.56 Å². The largest absolute Gasteiger partial charge is 0.326 e. The zero-order valence-corrected chi connectivity index (χ0v) is 8.32. The normalized spacial score (nSPS) is 9.93. The first-order chi connectivity index (χ1) is 7.24. The van der Waals surface area contributed by atoms with Gasteiger partial charge in [-0.25, -0.2) is 4.98 Å². The molecule has 76 valence electrons. The molecule has 2 rings (SSSR count). The van der Waals surface area contributed by atoms with Gasteiger partial charge < -0.3 is 5.32 Å². The Morgan fingerprint density at radius 3 is 2.67 bits per heavy atom. The third kappa shape index (κ3) is 2.43. The number of hydrogen-bond acceptors (Lipinski definition) is 3. The smallest absolute Gasteiger partial charge is 0.252 e. The zero-order valence-electron chi connectivity index (χ0n) is 8.32. The second kappa shape index (κ2) is 3.96. The molecule has 4 nitrogen and oxygen atoms in total. The Balaban J connectivity index is 2.29. The number of H-pyrrole nitrogens is 1. The number of nitrogens with zero attached hydrogens (tertiary/aromatic N) is 1. The average Bonchev–Trinajstić information content (AvgIpc) is 2.17. The summed E-state index contributed by atoms with van der Waals surface area (Å²) in [4.78, 5) is 17.9. The maximum atomic E-state index is 11.2. The molecule has 1 aromatic carbocycles. The number of anilines is 2. The lowest BCUT2D eigenvalue weighted by Crippen LogP contribution is -2.10. The lowest BCUT2D eigenvalue weighted by molar-refractivity contribution is 1.07. The molecule has 0 radical (unpaired) electrons. The Labute approximate surface area is 87.0 Å². The molecule has 15 heavy (non-hydrogen) atoms. The summed E-state index contributed by atoms with van der Waals surface area (Å²) in [6.45, 7) is 1.78. The van der Waals surface area contributed by atoms with E-state index in [0.29, 0.717) is 11.6 Å². The lowest BCUT2D eigenvalue weighted by atomic mass is 10.3. The second-order valence-electron chi connectivity index (χ2n) is 3.23. The summed E-state index contributed by atoms with van der Waals surface area (Å²) < 4.78 is 0. The van der Waals surface area contributed by atoms with Crippen molar-refractivity contribution in [3.63, 3.8) is 0 Å². The summed E-state index contributed by atoms with van der Waals surface area (Å²) in [7, 11) is 0. The third-order valence-electron chi connectivity index (χ3n) is 1.91. The van der Waals surface area contributed by atoms with Crippen molar-refractivity contribution in [3.05, 3.63) is 52.4 Å². The van der Waals surface area contributed by atoms with Gasteiger partial charge in [-0.3, -0.25) is 9.78 Å². The van der Waals surface area contributed by atoms with Gasteiger partial charge in [-0.15, -0.1) is 0 Å². The standard InChI is InChI=1S/C11H11N3O/c1-8-7-10(15)14-11(12-8)13-9-5-3-2-4-6-9/h2-7H,1H3,(H2,12,13,14,15). The van der Waals surface area contributed by atoms with Crippen molar-refractivity contribution in [1.29, 1.82) is 0 Å². The molecule has 2 aromatic rings. The van der Waals surface area contributed by atoms with E-state index in [4.69, 9.17) is 0 Å². The second-order valence-corrected chi connectivity index (χ2v) is 3.23. The molecule has 1 aromatic heterocycles. The molecule has 4 heteroatoms. The molecule has 0 unspecified atom stereocenters. The van der Waals surface area contributed by atoms with Crippen LogP contribution in [0.5, 0.6) is 0 Å². The van der Waals surface area contributed by atoms with Gasteiger partial charge in [0.1, 0.15) is 0 Å². The summed E-state index contributed by atoms with van der Waals surface area (Å²) in [5.41, 5.74) is 1.43. The van der Waals surface area contributed by atoms with Gasteiger partial charge in [-0.1, -0.05) is 18.2 Å². The van der Waals surface area contributed by atoms with E-state index in [2.05, 4.69) is 15.3 Å². The summed E-state index contributed by atoms with van der Waals surface area (Å²) in [6, 6.07) is 11.0. The van der Waals surface area contributed by atoms with Gasteiger partial charge in [0.05, 0.1) is 0 Å². The Bertz CT molecular complexity index is 505. The fourth-order valence-corrected chi connectivity index (χ4v) is 1.30. The Morgan fingerprint density at radius 2 is 2.00 bits per heavy atom. The summed E-state index contributed by atoms with van der Waals surface area (Å²) in [5.74, 6) is 0.464. The molecule has 2 N–H and O–H groups in total. The van der Waals surface area contributed by atoms with Crippen molar-refractivity contribution in [2.45, 2.75) is 6.92 Å². The SMILES string of the molecule is Cc1cc(=O)[nH]c(Nc2ccccc2)n1. The Morgan fingerprint density at radius 1 is 1.27 bits per heavy atom. The van der Waals surface area contributed by atoms with E-state index in [9.17, 15) is 4.79 Å². The summed E-state index contributed by atoms with van der Waals surface area (Å²) in [6.07, 6.45) is 0. The minimum atomic E-state index is -0.152. The molecule has 0 bridgehead atoms. The molecule has 1 heterocycles. The van der Waals surface area contributed by atoms with Gasteiger partial charge in [-0.2, -0.15) is 0 Å². The lowest BCUT2D eigenvalue weighted by Gasteiger charge is -2.04. The van der Waals surface area contributed by atoms with Crippen LogP contribution in [0.4, 0.5) is 11.6 Å². The number of para-hydroxylation sites is 1. The monoisotopic (exact) mass is 201 g/mol. The van der Waals surface area contributed by atoms with Gasteiger partial charge >= 0.3 is 0 Å². The van der Waals surface area contributed by atoms with E-state index in [0.717, 1.165) is 5.69 Å². The van der Waals surface area contributed by atoms with E-state index < -0.39 is 0 Å². The fourth-order valence-electron chi connectivity index (χ4n) is 1.30. The number of hydrogen-bond donors (Lipinski definition) is 2. The van der Waals surface area contributed by atoms with E-state index in [-0.39, 0.29) is 5.56 Å². The molecule has 0 saturated heterocycles. The molecule has 0 spiro atoms. The molecular weight excluding hydrogens is 190 g/mol. The minimum absolute atomic E-state index is 0.152. The molecule has 0 amide bonds. The summed E-state index contributed by atoms with van der Waals surface area (Å²) >= 11 is 0. The molecule has 0 saturated carbocycles. The number of rotatable bonds is 2. The van der Waals surface area contributed by atoms with Crippen molar-refractivity contribution < 1.29 is 0 Å². The maximum Gasteiger partial charge on any atom is 0.252 e. The Kier molecular flexibility index (Phi) is 2.49. The van der Waals surface area contributed by atoms with Crippen LogP contribution in [0.25, 0.3) is 0 Å². The van der Waals surface area contributed by atoms with Crippen LogP contribution < -0.4 is 10.9 Å². The molecule has 0 aliphatic rings. The van der Waals surface area contributed by atoms with Crippen LogP contribution >= 0.6 is 0 Å². The van der Waals surface area contributed by atoms with Crippen LogP contribution in [0.3, 0.4) is 0 Å². The van der Waals surface area contributed by atoms with E-state index in [1.54, 1.807) is 6.92 Å². The number of benzene rings is 1. The number of aromatic nitrogens is 2. The zero-order chi connectivity index (χ0) is 10.7. The third-order valence-corrected chi connectivity index (χ3v) is 1.91. The van der Waals surface area contributed by atoms with Crippen molar-refractivity contribution >= 4 is 11.6 Å². The van der Waals surface area contributed by atoms with Crippen molar-refractivity contribution in [2.75, 3.05) is 5.32 Å². The average molecular weight is 201 g/mol. The van der Waals surface area contributed by atoms with Gasteiger partial charge in [0.2, 0.25) is 5.95 Å². The van der Waals surface area contributed by atoms with Crippen LogP contribution in [-0.4, -0.2) is 9.97 Å². The fraction of sp³-hybridized carbons (Fsp3) is 0.0909. The van der Waals surface area contributed by atoms with Crippen LogP contribution in [0, 0.1) is 6.92 Å². The van der Waals surface area contributed by atoms with Crippen LogP contribution in [0.2, 0.25) is 0 Å². The Hall–Kier alpha value is -2.10. The highest BCUT2D eigenvalue weighted by molar-refractivity contribution is 5.52. The number of aromatic amines is 1. The molecule has 0 aliphatic carbocycles.